The Morgan fingerprint density at radius 1 is 1.47 bits per heavy atom. The fourth-order valence-electron chi connectivity index (χ4n) is 2.83. The van der Waals surface area contributed by atoms with Crippen molar-refractivity contribution in [2.75, 3.05) is 18.1 Å². The monoisotopic (exact) mass is 342 g/mol. The Balaban J connectivity index is 1.70. The third-order valence-electron chi connectivity index (χ3n) is 3.96. The number of ether oxygens (including phenoxy) is 2. The molecule has 2 atom stereocenters. The topological polar surface area (TPSA) is 18.5 Å². The van der Waals surface area contributed by atoms with Crippen LogP contribution in [0.1, 0.15) is 24.8 Å². The number of halogens is 1. The second-order valence-corrected chi connectivity index (χ2v) is 7.50. The van der Waals surface area contributed by atoms with Crippen LogP contribution in [0.15, 0.2) is 22.7 Å². The molecule has 2 unspecified atom stereocenters. The molecular weight excluding hydrogens is 324 g/mol. The maximum absolute atomic E-state index is 6.23. The highest BCUT2D eigenvalue weighted by atomic mass is 79.9. The van der Waals surface area contributed by atoms with E-state index in [0.717, 1.165) is 35.4 Å². The maximum Gasteiger partial charge on any atom is 0.123 e. The summed E-state index contributed by atoms with van der Waals surface area (Å²) in [5, 5.41) is 0. The van der Waals surface area contributed by atoms with E-state index in [0.29, 0.717) is 6.10 Å². The van der Waals surface area contributed by atoms with Crippen LogP contribution in [0.5, 0.6) is 5.75 Å². The average Bonchev–Trinajstić information content (AvgIpc) is 2.82. The third-order valence-corrected chi connectivity index (χ3v) is 5.67. The van der Waals surface area contributed by atoms with E-state index in [2.05, 4.69) is 41.1 Å². The lowest BCUT2D eigenvalue weighted by Crippen LogP contribution is -2.43. The van der Waals surface area contributed by atoms with Gasteiger partial charge in [-0.2, -0.15) is 11.8 Å². The predicted molar refractivity (Wildman–Crippen MR) is 83.2 cm³/mol. The minimum Gasteiger partial charge on any atom is -0.490 e. The van der Waals surface area contributed by atoms with Crippen LogP contribution in [-0.2, 0) is 4.74 Å². The molecule has 0 radical (unpaired) electrons. The molecule has 0 saturated carbocycles. The van der Waals surface area contributed by atoms with Crippen LogP contribution in [0.25, 0.3) is 0 Å². The van der Waals surface area contributed by atoms with Gasteiger partial charge in [-0.3, -0.25) is 0 Å². The minimum absolute atomic E-state index is 0.0908. The quantitative estimate of drug-likeness (QED) is 0.802. The number of benzene rings is 1. The number of hydrogen-bond donors (Lipinski definition) is 0. The molecule has 0 N–H and O–H groups in total. The summed E-state index contributed by atoms with van der Waals surface area (Å²) >= 11 is 5.52. The lowest BCUT2D eigenvalue weighted by Gasteiger charge is -2.37. The molecule has 2 aliphatic heterocycles. The van der Waals surface area contributed by atoms with Gasteiger partial charge in [0.15, 0.2) is 0 Å². The molecule has 3 rings (SSSR count). The van der Waals surface area contributed by atoms with Gasteiger partial charge in [0.25, 0.3) is 0 Å². The van der Waals surface area contributed by atoms with Crippen molar-refractivity contribution < 1.29 is 9.47 Å². The van der Waals surface area contributed by atoms with Crippen molar-refractivity contribution in [1.82, 2.24) is 0 Å². The first-order valence-electron chi connectivity index (χ1n) is 6.81. The van der Waals surface area contributed by atoms with Crippen LogP contribution < -0.4 is 4.74 Å². The molecule has 1 aromatic rings. The highest BCUT2D eigenvalue weighted by Gasteiger charge is 2.41. The van der Waals surface area contributed by atoms with Gasteiger partial charge in [-0.15, -0.1) is 0 Å². The fourth-order valence-corrected chi connectivity index (χ4v) is 4.55. The van der Waals surface area contributed by atoms with Gasteiger partial charge in [0.2, 0.25) is 0 Å². The summed E-state index contributed by atoms with van der Waals surface area (Å²) in [6.45, 7) is 2.93. The van der Waals surface area contributed by atoms with Crippen molar-refractivity contribution in [1.29, 1.82) is 0 Å². The molecule has 2 aliphatic rings. The zero-order valence-electron chi connectivity index (χ0n) is 11.2. The number of hydrogen-bond acceptors (Lipinski definition) is 3. The van der Waals surface area contributed by atoms with Gasteiger partial charge in [0.05, 0.1) is 12.2 Å². The van der Waals surface area contributed by atoms with E-state index in [1.54, 1.807) is 0 Å². The highest BCUT2D eigenvalue weighted by molar-refractivity contribution is 9.10. The van der Waals surface area contributed by atoms with Gasteiger partial charge in [-0.05, 0) is 36.8 Å². The first-order chi connectivity index (χ1) is 9.17. The standard InChI is InChI=1S/C15H19BrO2S/c1-11-2-3-12(16)8-14(11)18-13-4-6-17-15(9-13)5-7-19-10-15/h2-3,8,13H,4-7,9-10H2,1H3. The van der Waals surface area contributed by atoms with E-state index >= 15 is 0 Å². The van der Waals surface area contributed by atoms with Gasteiger partial charge in [-0.25, -0.2) is 0 Å². The Morgan fingerprint density at radius 2 is 2.37 bits per heavy atom. The summed E-state index contributed by atoms with van der Waals surface area (Å²) in [6.07, 6.45) is 3.50. The summed E-state index contributed by atoms with van der Waals surface area (Å²) in [5.74, 6) is 3.36. The molecule has 0 bridgehead atoms. The smallest absolute Gasteiger partial charge is 0.123 e. The lowest BCUT2D eigenvalue weighted by molar-refractivity contribution is -0.0960. The summed E-state index contributed by atoms with van der Waals surface area (Å²) < 4.78 is 13.3. The number of rotatable bonds is 2. The van der Waals surface area contributed by atoms with E-state index in [1.165, 1.54) is 17.7 Å². The van der Waals surface area contributed by atoms with Crippen molar-refractivity contribution >= 4 is 27.7 Å². The van der Waals surface area contributed by atoms with Crippen molar-refractivity contribution in [2.45, 2.75) is 37.9 Å². The van der Waals surface area contributed by atoms with E-state index in [1.807, 2.05) is 11.8 Å². The van der Waals surface area contributed by atoms with Gasteiger partial charge in [0.1, 0.15) is 11.9 Å². The Kier molecular flexibility index (Phi) is 4.11. The second-order valence-electron chi connectivity index (χ2n) is 5.48. The second kappa shape index (κ2) is 5.66. The number of thioether (sulfide) groups is 1. The summed E-state index contributed by atoms with van der Waals surface area (Å²) in [7, 11) is 0. The Morgan fingerprint density at radius 3 is 3.16 bits per heavy atom. The molecule has 0 aliphatic carbocycles. The third kappa shape index (κ3) is 3.11. The highest BCUT2D eigenvalue weighted by Crippen LogP contribution is 2.39. The Labute approximate surface area is 127 Å². The molecule has 4 heteroatoms. The van der Waals surface area contributed by atoms with Crippen LogP contribution in [0, 0.1) is 6.92 Å². The van der Waals surface area contributed by atoms with Crippen molar-refractivity contribution in [3.63, 3.8) is 0 Å². The molecule has 0 aromatic heterocycles. The van der Waals surface area contributed by atoms with E-state index in [9.17, 15) is 0 Å². The maximum atomic E-state index is 6.23. The molecule has 2 heterocycles. The fraction of sp³-hybridized carbons (Fsp3) is 0.600. The van der Waals surface area contributed by atoms with Crippen LogP contribution in [-0.4, -0.2) is 29.8 Å². The summed E-state index contributed by atoms with van der Waals surface area (Å²) in [4.78, 5) is 0. The van der Waals surface area contributed by atoms with E-state index in [4.69, 9.17) is 9.47 Å². The first-order valence-corrected chi connectivity index (χ1v) is 8.76. The molecule has 19 heavy (non-hydrogen) atoms. The summed E-state index contributed by atoms with van der Waals surface area (Å²) in [6, 6.07) is 6.22. The average molecular weight is 343 g/mol. The van der Waals surface area contributed by atoms with Crippen LogP contribution in [0.4, 0.5) is 0 Å². The normalized spacial score (nSPS) is 30.7. The van der Waals surface area contributed by atoms with Crippen LogP contribution in [0.3, 0.4) is 0 Å². The molecule has 2 saturated heterocycles. The lowest BCUT2D eigenvalue weighted by atomic mass is 9.91. The zero-order chi connectivity index (χ0) is 13.3. The van der Waals surface area contributed by atoms with E-state index in [-0.39, 0.29) is 5.60 Å². The van der Waals surface area contributed by atoms with Crippen LogP contribution >= 0.6 is 27.7 Å². The van der Waals surface area contributed by atoms with Gasteiger partial charge in [-0.1, -0.05) is 22.0 Å². The van der Waals surface area contributed by atoms with Crippen LogP contribution in [0.2, 0.25) is 0 Å². The molecule has 2 fully saturated rings. The van der Waals surface area contributed by atoms with Gasteiger partial charge >= 0.3 is 0 Å². The number of aryl methyl sites for hydroxylation is 1. The van der Waals surface area contributed by atoms with Gasteiger partial charge in [0, 0.05) is 23.1 Å². The first kappa shape index (κ1) is 13.8. The molecule has 0 amide bonds. The Bertz CT molecular complexity index is 457. The SMILES string of the molecule is Cc1ccc(Br)cc1OC1CCOC2(CCSC2)C1. The molecule has 104 valence electrons. The zero-order valence-corrected chi connectivity index (χ0v) is 13.6. The molecule has 1 spiro atoms. The molecule has 1 aromatic carbocycles. The van der Waals surface area contributed by atoms with Crippen molar-refractivity contribution in [3.05, 3.63) is 28.2 Å². The molecule has 2 nitrogen and oxygen atoms in total. The predicted octanol–water partition coefficient (Wildman–Crippen LogP) is 4.19. The molecular formula is C15H19BrO2S. The summed E-state index contributed by atoms with van der Waals surface area (Å²) in [5.41, 5.74) is 1.29. The van der Waals surface area contributed by atoms with Gasteiger partial charge < -0.3 is 9.47 Å². The largest absolute Gasteiger partial charge is 0.490 e. The minimum atomic E-state index is 0.0908. The Hall–Kier alpha value is -0.190. The van der Waals surface area contributed by atoms with Crippen molar-refractivity contribution in [3.8, 4) is 5.75 Å². The van der Waals surface area contributed by atoms with Crippen molar-refractivity contribution in [2.24, 2.45) is 0 Å². The van der Waals surface area contributed by atoms with E-state index < -0.39 is 0 Å².